The number of nitrogens with one attached hydrogen (secondary N) is 5. The number of aromatic amines is 2. The Morgan fingerprint density at radius 2 is 1.55 bits per heavy atom. The molecule has 1 heterocycles. The zero-order valence-electron chi connectivity index (χ0n) is 16.5. The smallest absolute Gasteiger partial charge is 0.272 e. The maximum atomic E-state index is 12.2. The summed E-state index contributed by atoms with van der Waals surface area (Å²) in [4.78, 5) is 59.8. The van der Waals surface area contributed by atoms with Crippen molar-refractivity contribution < 1.29 is 14.4 Å². The number of aromatic nitrogens is 2. The van der Waals surface area contributed by atoms with E-state index in [0.717, 1.165) is 0 Å². The third kappa shape index (κ3) is 5.66. The molecule has 0 radical (unpaired) electrons. The number of hydrogen-bond acceptors (Lipinski definition) is 5. The summed E-state index contributed by atoms with van der Waals surface area (Å²) in [5, 5.41) is 12.3. The number of anilines is 1. The third-order valence-corrected chi connectivity index (χ3v) is 4.45. The average Bonchev–Trinajstić information content (AvgIpc) is 2.78. The molecule has 5 N–H and O–H groups in total. The number of H-pyrrole nitrogens is 2. The van der Waals surface area contributed by atoms with E-state index in [9.17, 15) is 24.0 Å². The van der Waals surface area contributed by atoms with Crippen molar-refractivity contribution in [3.05, 3.63) is 74.8 Å². The maximum Gasteiger partial charge on any atom is 0.272 e. The van der Waals surface area contributed by atoms with Crippen molar-refractivity contribution in [2.75, 3.05) is 18.4 Å². The Labute approximate surface area is 176 Å². The monoisotopic (exact) mass is 423 g/mol. The Hall–Kier alpha value is -4.21. The molecule has 0 fully saturated rings. The molecule has 2 aromatic carbocycles. The largest absolute Gasteiger partial charge is 0.352 e. The number of rotatable bonds is 8. The van der Waals surface area contributed by atoms with E-state index in [0.29, 0.717) is 18.5 Å². The highest BCUT2D eigenvalue weighted by atomic mass is 16.2. The second-order valence-electron chi connectivity index (χ2n) is 6.69. The molecule has 3 aromatic rings. The molecule has 0 aliphatic rings. The maximum absolute atomic E-state index is 12.2. The molecule has 0 atom stereocenters. The third-order valence-electron chi connectivity index (χ3n) is 4.45. The van der Waals surface area contributed by atoms with Crippen LogP contribution < -0.4 is 27.1 Å². The molecule has 3 amide bonds. The van der Waals surface area contributed by atoms with Gasteiger partial charge in [0, 0.05) is 18.5 Å². The first kappa shape index (κ1) is 21.5. The summed E-state index contributed by atoms with van der Waals surface area (Å²) in [6.07, 6.45) is 0.541. The van der Waals surface area contributed by atoms with Crippen LogP contribution in [0.2, 0.25) is 0 Å². The minimum atomic E-state index is -0.549. The van der Waals surface area contributed by atoms with E-state index in [4.69, 9.17) is 0 Å². The van der Waals surface area contributed by atoms with Gasteiger partial charge in [0.2, 0.25) is 11.8 Å². The van der Waals surface area contributed by atoms with Gasteiger partial charge in [-0.15, -0.1) is 0 Å². The molecule has 0 unspecified atom stereocenters. The summed E-state index contributed by atoms with van der Waals surface area (Å²) in [6.45, 7) is 0.0212. The Balaban J connectivity index is 1.44. The lowest BCUT2D eigenvalue weighted by Gasteiger charge is -2.09. The highest BCUT2D eigenvalue weighted by Crippen LogP contribution is 2.16. The Kier molecular flexibility index (Phi) is 6.94. The fraction of sp³-hybridized carbons (Fsp3) is 0.190. The van der Waals surface area contributed by atoms with Gasteiger partial charge in [-0.25, -0.2) is 0 Å². The lowest BCUT2D eigenvalue weighted by Crippen LogP contribution is -2.33. The number of carbonyl (C=O) groups excluding carboxylic acids is 3. The van der Waals surface area contributed by atoms with Crippen LogP contribution in [0.15, 0.2) is 58.1 Å². The SMILES string of the molecule is O=C(CCCNC(=O)c1ccccc1)NCC(=O)Nc1cccc2c(=O)[nH][nH]c(=O)c12. The Morgan fingerprint density at radius 1 is 0.806 bits per heavy atom. The van der Waals surface area contributed by atoms with E-state index in [1.54, 1.807) is 24.3 Å². The molecular formula is C21H21N5O5. The van der Waals surface area contributed by atoms with Crippen molar-refractivity contribution in [1.29, 1.82) is 0 Å². The molecule has 10 nitrogen and oxygen atoms in total. The van der Waals surface area contributed by atoms with Crippen molar-refractivity contribution >= 4 is 34.2 Å². The summed E-state index contributed by atoms with van der Waals surface area (Å²) in [5.74, 6) is -1.11. The van der Waals surface area contributed by atoms with E-state index in [2.05, 4.69) is 26.1 Å². The predicted octanol–water partition coefficient (Wildman–Crippen LogP) is 0.481. The lowest BCUT2D eigenvalue weighted by atomic mass is 10.1. The second-order valence-corrected chi connectivity index (χ2v) is 6.69. The molecule has 0 aliphatic heterocycles. The van der Waals surface area contributed by atoms with E-state index < -0.39 is 17.0 Å². The highest BCUT2D eigenvalue weighted by Gasteiger charge is 2.12. The van der Waals surface area contributed by atoms with Gasteiger partial charge in [-0.2, -0.15) is 0 Å². The number of benzene rings is 2. The van der Waals surface area contributed by atoms with E-state index in [1.165, 1.54) is 18.2 Å². The zero-order chi connectivity index (χ0) is 22.2. The molecule has 1 aromatic heterocycles. The molecular weight excluding hydrogens is 402 g/mol. The first-order chi connectivity index (χ1) is 15.0. The topological polar surface area (TPSA) is 153 Å². The highest BCUT2D eigenvalue weighted by molar-refractivity contribution is 6.02. The zero-order valence-corrected chi connectivity index (χ0v) is 16.5. The van der Waals surface area contributed by atoms with E-state index in [1.807, 2.05) is 6.07 Å². The molecule has 10 heteroatoms. The van der Waals surface area contributed by atoms with Crippen molar-refractivity contribution in [3.8, 4) is 0 Å². The first-order valence-electron chi connectivity index (χ1n) is 9.59. The van der Waals surface area contributed by atoms with Crippen molar-refractivity contribution in [3.63, 3.8) is 0 Å². The number of carbonyl (C=O) groups is 3. The van der Waals surface area contributed by atoms with Crippen LogP contribution in [0.5, 0.6) is 0 Å². The van der Waals surface area contributed by atoms with Crippen molar-refractivity contribution in [1.82, 2.24) is 20.8 Å². The number of hydrogen-bond donors (Lipinski definition) is 5. The Morgan fingerprint density at radius 3 is 2.32 bits per heavy atom. The molecule has 0 saturated heterocycles. The van der Waals surface area contributed by atoms with Crippen LogP contribution in [0.25, 0.3) is 10.8 Å². The quantitative estimate of drug-likeness (QED) is 0.334. The fourth-order valence-corrected chi connectivity index (χ4v) is 2.94. The van der Waals surface area contributed by atoms with Gasteiger partial charge >= 0.3 is 0 Å². The molecule has 3 rings (SSSR count). The molecule has 31 heavy (non-hydrogen) atoms. The molecule has 0 spiro atoms. The summed E-state index contributed by atoms with van der Waals surface area (Å²) in [5.41, 5.74) is -0.323. The lowest BCUT2D eigenvalue weighted by molar-refractivity contribution is -0.124. The van der Waals surface area contributed by atoms with Gasteiger partial charge in [-0.05, 0) is 30.7 Å². The van der Waals surface area contributed by atoms with E-state index in [-0.39, 0.29) is 41.2 Å². The van der Waals surface area contributed by atoms with Crippen LogP contribution in [0, 0.1) is 0 Å². The van der Waals surface area contributed by atoms with E-state index >= 15 is 0 Å². The van der Waals surface area contributed by atoms with Crippen molar-refractivity contribution in [2.24, 2.45) is 0 Å². The van der Waals surface area contributed by atoms with Crippen LogP contribution in [0.1, 0.15) is 23.2 Å². The molecule has 0 saturated carbocycles. The number of fused-ring (bicyclic) bond motifs is 1. The van der Waals surface area contributed by atoms with Gasteiger partial charge in [0.1, 0.15) is 0 Å². The van der Waals surface area contributed by atoms with Crippen LogP contribution >= 0.6 is 0 Å². The van der Waals surface area contributed by atoms with Crippen LogP contribution in [0.3, 0.4) is 0 Å². The normalized spacial score (nSPS) is 10.5. The fourth-order valence-electron chi connectivity index (χ4n) is 2.94. The molecule has 160 valence electrons. The summed E-state index contributed by atoms with van der Waals surface area (Å²) < 4.78 is 0. The first-order valence-corrected chi connectivity index (χ1v) is 9.59. The minimum Gasteiger partial charge on any atom is -0.352 e. The van der Waals surface area contributed by atoms with Gasteiger partial charge in [0.15, 0.2) is 0 Å². The molecule has 0 bridgehead atoms. The summed E-state index contributed by atoms with van der Waals surface area (Å²) in [6, 6.07) is 13.2. The predicted molar refractivity (Wildman–Crippen MR) is 115 cm³/mol. The Bertz CT molecular complexity index is 1220. The summed E-state index contributed by atoms with van der Waals surface area (Å²) >= 11 is 0. The van der Waals surface area contributed by atoms with Crippen LogP contribution in [0.4, 0.5) is 5.69 Å². The standard InChI is InChI=1S/C21H21N5O5/c27-16(10-5-11-22-19(29)13-6-2-1-3-7-13)23-12-17(28)24-15-9-4-8-14-18(15)21(31)26-25-20(14)30/h1-4,6-9H,5,10-12H2,(H,22,29)(H,23,27)(H,24,28)(H,25,30)(H,26,31). The van der Waals surface area contributed by atoms with Crippen LogP contribution in [-0.2, 0) is 9.59 Å². The van der Waals surface area contributed by atoms with Gasteiger partial charge in [-0.1, -0.05) is 24.3 Å². The number of amides is 3. The minimum absolute atomic E-state index is 0.0556. The molecule has 0 aliphatic carbocycles. The van der Waals surface area contributed by atoms with Gasteiger partial charge < -0.3 is 16.0 Å². The second kappa shape index (κ2) is 10.0. The van der Waals surface area contributed by atoms with Crippen molar-refractivity contribution in [2.45, 2.75) is 12.8 Å². The summed E-state index contributed by atoms with van der Waals surface area (Å²) in [7, 11) is 0. The van der Waals surface area contributed by atoms with Crippen LogP contribution in [-0.4, -0.2) is 41.0 Å². The van der Waals surface area contributed by atoms with Gasteiger partial charge in [0.05, 0.1) is 23.0 Å². The van der Waals surface area contributed by atoms with Gasteiger partial charge in [-0.3, -0.25) is 34.2 Å². The average molecular weight is 423 g/mol. The van der Waals surface area contributed by atoms with Gasteiger partial charge in [0.25, 0.3) is 17.0 Å².